The summed E-state index contributed by atoms with van der Waals surface area (Å²) in [6, 6.07) is 10.4. The van der Waals surface area contributed by atoms with Crippen molar-refractivity contribution in [3.63, 3.8) is 0 Å². The first-order valence-electron chi connectivity index (χ1n) is 9.66. The lowest BCUT2D eigenvalue weighted by molar-refractivity contribution is 0.116. The molecule has 0 bridgehead atoms. The Morgan fingerprint density at radius 2 is 1.09 bits per heavy atom. The number of aliphatic hydroxyl groups is 1. The number of benzene rings is 1. The molecule has 1 aromatic carbocycles. The zero-order valence-electron chi connectivity index (χ0n) is 14.8. The monoisotopic (exact) mass is 320 g/mol. The average molecular weight is 321 g/mol. The third-order valence-electron chi connectivity index (χ3n) is 4.31. The van der Waals surface area contributed by atoms with Crippen LogP contribution in [0.5, 0.6) is 0 Å². The Bertz CT molecular complexity index is 337. The van der Waals surface area contributed by atoms with Crippen LogP contribution in [0.2, 0.25) is 0 Å². The van der Waals surface area contributed by atoms with Crippen molar-refractivity contribution in [1.29, 1.82) is 0 Å². The van der Waals surface area contributed by atoms with Crippen molar-refractivity contribution in [2.75, 3.05) is 13.2 Å². The number of unbranched alkanes of at least 4 members (excludes halogenated alkanes) is 11. The van der Waals surface area contributed by atoms with Gasteiger partial charge in [-0.05, 0) is 18.4 Å². The zero-order valence-corrected chi connectivity index (χ0v) is 14.8. The largest absolute Gasteiger partial charge is 0.396 e. The molecule has 1 aromatic rings. The van der Waals surface area contributed by atoms with Crippen LogP contribution in [0.1, 0.15) is 82.6 Å². The predicted molar refractivity (Wildman–Crippen MR) is 98.6 cm³/mol. The van der Waals surface area contributed by atoms with Gasteiger partial charge < -0.3 is 9.84 Å². The van der Waals surface area contributed by atoms with Gasteiger partial charge in [0.05, 0.1) is 6.61 Å². The Balaban J connectivity index is 1.72. The van der Waals surface area contributed by atoms with E-state index in [1.807, 2.05) is 6.07 Å². The second kappa shape index (κ2) is 16.0. The van der Waals surface area contributed by atoms with E-state index in [0.29, 0.717) is 6.61 Å². The van der Waals surface area contributed by atoms with Crippen molar-refractivity contribution in [1.82, 2.24) is 0 Å². The molecule has 0 atom stereocenters. The van der Waals surface area contributed by atoms with E-state index >= 15 is 0 Å². The Morgan fingerprint density at radius 3 is 1.61 bits per heavy atom. The van der Waals surface area contributed by atoms with Crippen LogP contribution >= 0.6 is 0 Å². The number of rotatable bonds is 16. The van der Waals surface area contributed by atoms with Crippen LogP contribution in [0.3, 0.4) is 0 Å². The van der Waals surface area contributed by atoms with E-state index in [-0.39, 0.29) is 0 Å². The molecule has 0 heterocycles. The van der Waals surface area contributed by atoms with Crippen LogP contribution in [-0.4, -0.2) is 18.3 Å². The van der Waals surface area contributed by atoms with Gasteiger partial charge in [0.15, 0.2) is 0 Å². The van der Waals surface area contributed by atoms with Gasteiger partial charge in [-0.15, -0.1) is 0 Å². The molecule has 0 unspecified atom stereocenters. The van der Waals surface area contributed by atoms with E-state index < -0.39 is 0 Å². The molecule has 0 aliphatic carbocycles. The Morgan fingerprint density at radius 1 is 0.609 bits per heavy atom. The standard InChI is InChI=1S/C21H36O2/c22-18-14-9-7-5-3-1-2-4-6-8-10-15-19-23-20-21-16-12-11-13-17-21/h11-13,16-17,22H,1-10,14-15,18-20H2. The second-order valence-electron chi connectivity index (χ2n) is 6.50. The second-order valence-corrected chi connectivity index (χ2v) is 6.50. The fraction of sp³-hybridized carbons (Fsp3) is 0.714. The summed E-state index contributed by atoms with van der Waals surface area (Å²) in [4.78, 5) is 0. The first kappa shape index (κ1) is 20.2. The van der Waals surface area contributed by atoms with Gasteiger partial charge in [-0.3, -0.25) is 0 Å². The first-order valence-corrected chi connectivity index (χ1v) is 9.66. The Hall–Kier alpha value is -0.860. The molecule has 0 amide bonds. The topological polar surface area (TPSA) is 29.5 Å². The van der Waals surface area contributed by atoms with Crippen LogP contribution < -0.4 is 0 Å². The minimum absolute atomic E-state index is 0.358. The lowest BCUT2D eigenvalue weighted by Crippen LogP contribution is -1.95. The SMILES string of the molecule is OCCCCCCCCCCCCCCOCc1ccccc1. The molecule has 132 valence electrons. The van der Waals surface area contributed by atoms with Gasteiger partial charge in [0.2, 0.25) is 0 Å². The van der Waals surface area contributed by atoms with E-state index in [0.717, 1.165) is 19.6 Å². The molecule has 2 heteroatoms. The molecule has 1 rings (SSSR count). The third kappa shape index (κ3) is 13.3. The molecule has 0 aliphatic heterocycles. The van der Waals surface area contributed by atoms with E-state index in [1.54, 1.807) is 0 Å². The molecule has 23 heavy (non-hydrogen) atoms. The van der Waals surface area contributed by atoms with Gasteiger partial charge in [-0.25, -0.2) is 0 Å². The molecular formula is C21H36O2. The summed E-state index contributed by atoms with van der Waals surface area (Å²) in [6.45, 7) is 2.00. The highest BCUT2D eigenvalue weighted by Crippen LogP contribution is 2.12. The van der Waals surface area contributed by atoms with Crippen LogP contribution in [0.4, 0.5) is 0 Å². The number of hydrogen-bond donors (Lipinski definition) is 1. The maximum Gasteiger partial charge on any atom is 0.0716 e. The van der Waals surface area contributed by atoms with Gasteiger partial charge in [0, 0.05) is 13.2 Å². The van der Waals surface area contributed by atoms with Crippen molar-refractivity contribution >= 4 is 0 Å². The minimum atomic E-state index is 0.358. The summed E-state index contributed by atoms with van der Waals surface area (Å²) in [6.07, 6.45) is 15.6. The van der Waals surface area contributed by atoms with Crippen molar-refractivity contribution in [3.05, 3.63) is 35.9 Å². The van der Waals surface area contributed by atoms with Gasteiger partial charge >= 0.3 is 0 Å². The number of ether oxygens (including phenoxy) is 1. The van der Waals surface area contributed by atoms with Gasteiger partial charge in [-0.1, -0.05) is 94.5 Å². The lowest BCUT2D eigenvalue weighted by atomic mass is 10.1. The summed E-state index contributed by atoms with van der Waals surface area (Å²) >= 11 is 0. The van der Waals surface area contributed by atoms with Crippen molar-refractivity contribution in [2.24, 2.45) is 0 Å². The number of hydrogen-bond acceptors (Lipinski definition) is 2. The van der Waals surface area contributed by atoms with Gasteiger partial charge in [-0.2, -0.15) is 0 Å². The Kier molecular flexibility index (Phi) is 14.1. The molecule has 0 saturated heterocycles. The minimum Gasteiger partial charge on any atom is -0.396 e. The van der Waals surface area contributed by atoms with Crippen LogP contribution in [-0.2, 0) is 11.3 Å². The molecular weight excluding hydrogens is 284 g/mol. The highest BCUT2D eigenvalue weighted by atomic mass is 16.5. The number of aliphatic hydroxyl groups excluding tert-OH is 1. The maximum atomic E-state index is 8.70. The van der Waals surface area contributed by atoms with Crippen LogP contribution in [0.25, 0.3) is 0 Å². The van der Waals surface area contributed by atoms with Crippen LogP contribution in [0, 0.1) is 0 Å². The molecule has 0 radical (unpaired) electrons. The van der Waals surface area contributed by atoms with E-state index in [1.165, 1.54) is 76.2 Å². The summed E-state index contributed by atoms with van der Waals surface area (Å²) in [7, 11) is 0. The molecule has 0 saturated carbocycles. The fourth-order valence-corrected chi connectivity index (χ4v) is 2.85. The van der Waals surface area contributed by atoms with Gasteiger partial charge in [0.1, 0.15) is 0 Å². The highest BCUT2D eigenvalue weighted by Gasteiger charge is 1.95. The zero-order chi connectivity index (χ0) is 16.4. The molecule has 0 aromatic heterocycles. The fourth-order valence-electron chi connectivity index (χ4n) is 2.85. The Labute approximate surface area is 143 Å². The van der Waals surface area contributed by atoms with E-state index in [4.69, 9.17) is 9.84 Å². The third-order valence-corrected chi connectivity index (χ3v) is 4.31. The van der Waals surface area contributed by atoms with Crippen LogP contribution in [0.15, 0.2) is 30.3 Å². The molecule has 0 aliphatic rings. The molecule has 0 fully saturated rings. The van der Waals surface area contributed by atoms with Crippen molar-refractivity contribution in [3.8, 4) is 0 Å². The summed E-state index contributed by atoms with van der Waals surface area (Å²) in [5, 5.41) is 8.70. The molecule has 0 spiro atoms. The highest BCUT2D eigenvalue weighted by molar-refractivity contribution is 5.13. The van der Waals surface area contributed by atoms with Gasteiger partial charge in [0.25, 0.3) is 0 Å². The summed E-state index contributed by atoms with van der Waals surface area (Å²) < 4.78 is 5.70. The maximum absolute atomic E-state index is 8.70. The van der Waals surface area contributed by atoms with Crippen molar-refractivity contribution < 1.29 is 9.84 Å². The predicted octanol–water partition coefficient (Wildman–Crippen LogP) is 5.88. The van der Waals surface area contributed by atoms with E-state index in [9.17, 15) is 0 Å². The van der Waals surface area contributed by atoms with E-state index in [2.05, 4.69) is 24.3 Å². The quantitative estimate of drug-likeness (QED) is 0.386. The summed E-state index contributed by atoms with van der Waals surface area (Å²) in [5.41, 5.74) is 1.27. The normalized spacial score (nSPS) is 11.0. The molecule has 2 nitrogen and oxygen atoms in total. The average Bonchev–Trinajstić information content (AvgIpc) is 2.59. The van der Waals surface area contributed by atoms with Crippen molar-refractivity contribution in [2.45, 2.75) is 83.7 Å². The first-order chi connectivity index (χ1) is 11.4. The summed E-state index contributed by atoms with van der Waals surface area (Å²) in [5.74, 6) is 0. The lowest BCUT2D eigenvalue weighted by Gasteiger charge is -2.05. The smallest absolute Gasteiger partial charge is 0.0716 e. The molecule has 1 N–H and O–H groups in total.